The maximum Gasteiger partial charge on any atom is 0.283 e. The van der Waals surface area contributed by atoms with Crippen LogP contribution < -0.4 is 20.6 Å². The second-order valence-corrected chi connectivity index (χ2v) is 8.95. The number of rotatable bonds is 7. The summed E-state index contributed by atoms with van der Waals surface area (Å²) in [6.07, 6.45) is 1.49. The Morgan fingerprint density at radius 2 is 2.13 bits per heavy atom. The first kappa shape index (κ1) is 23.3. The Hall–Kier alpha value is -2.33. The van der Waals surface area contributed by atoms with Gasteiger partial charge in [-0.2, -0.15) is 5.10 Å². The number of nitrogens with one attached hydrogen (secondary N) is 1. The quantitative estimate of drug-likeness (QED) is 0.305. The van der Waals surface area contributed by atoms with Gasteiger partial charge in [0.15, 0.2) is 16.6 Å². The Kier molecular flexibility index (Phi) is 7.77. The van der Waals surface area contributed by atoms with E-state index in [1.165, 1.54) is 13.3 Å². The monoisotopic (exact) mass is 542 g/mol. The van der Waals surface area contributed by atoms with E-state index in [4.69, 9.17) is 38.4 Å². The van der Waals surface area contributed by atoms with E-state index in [0.29, 0.717) is 47.3 Å². The summed E-state index contributed by atoms with van der Waals surface area (Å²) in [5.41, 5.74) is 10.1. The molecule has 0 aliphatic heterocycles. The normalized spacial score (nSPS) is 11.0. The zero-order valence-corrected chi connectivity index (χ0v) is 20.3. The molecule has 0 unspecified atom stereocenters. The summed E-state index contributed by atoms with van der Waals surface area (Å²) in [6, 6.07) is 8.72. The highest BCUT2D eigenvalue weighted by Crippen LogP contribution is 2.37. The summed E-state index contributed by atoms with van der Waals surface area (Å²) < 4.78 is 12.0. The van der Waals surface area contributed by atoms with Crippen molar-refractivity contribution in [3.63, 3.8) is 0 Å². The van der Waals surface area contributed by atoms with Crippen molar-refractivity contribution in [1.82, 2.24) is 10.4 Å². The highest BCUT2D eigenvalue weighted by Gasteiger charge is 2.14. The maximum atomic E-state index is 12.2. The van der Waals surface area contributed by atoms with Crippen LogP contribution in [-0.2, 0) is 6.61 Å². The number of nitrogen functional groups attached to an aromatic ring is 1. The van der Waals surface area contributed by atoms with Gasteiger partial charge < -0.3 is 15.2 Å². The van der Waals surface area contributed by atoms with Crippen LogP contribution in [-0.4, -0.2) is 24.2 Å². The van der Waals surface area contributed by atoms with Crippen LogP contribution in [0.5, 0.6) is 11.5 Å². The molecule has 162 valence electrons. The fourth-order valence-corrected chi connectivity index (χ4v) is 4.35. The first-order valence-corrected chi connectivity index (χ1v) is 11.2. The molecular formula is C20H17BrCl2N4O3S. The molecular weight excluding hydrogens is 527 g/mol. The van der Waals surface area contributed by atoms with E-state index in [0.717, 1.165) is 16.9 Å². The third-order valence-corrected chi connectivity index (χ3v) is 6.20. The van der Waals surface area contributed by atoms with E-state index in [1.54, 1.807) is 37.3 Å². The van der Waals surface area contributed by atoms with Gasteiger partial charge in [0.1, 0.15) is 11.5 Å². The van der Waals surface area contributed by atoms with Gasteiger partial charge in [-0.1, -0.05) is 40.6 Å². The highest BCUT2D eigenvalue weighted by atomic mass is 79.9. The number of anilines is 1. The van der Waals surface area contributed by atoms with Crippen molar-refractivity contribution in [2.24, 2.45) is 5.10 Å². The number of carbonyl (C=O) groups excluding carboxylic acids is 1. The minimum absolute atomic E-state index is 0.228. The van der Waals surface area contributed by atoms with Gasteiger partial charge in [-0.3, -0.25) is 4.79 Å². The molecule has 3 rings (SSSR count). The van der Waals surface area contributed by atoms with E-state index in [-0.39, 0.29) is 12.5 Å². The van der Waals surface area contributed by atoms with Gasteiger partial charge in [0.25, 0.3) is 5.91 Å². The summed E-state index contributed by atoms with van der Waals surface area (Å²) in [6.45, 7) is 1.94. The number of carbonyl (C=O) groups is 1. The van der Waals surface area contributed by atoms with Crippen LogP contribution in [0.4, 0.5) is 5.13 Å². The molecule has 0 radical (unpaired) electrons. The first-order chi connectivity index (χ1) is 14.8. The molecule has 7 nitrogen and oxygen atoms in total. The predicted octanol–water partition coefficient (Wildman–Crippen LogP) is 5.45. The van der Waals surface area contributed by atoms with Crippen molar-refractivity contribution in [3.8, 4) is 11.5 Å². The van der Waals surface area contributed by atoms with Gasteiger partial charge in [-0.05, 0) is 52.7 Å². The SMILES string of the molecule is COc1cc(C=NNC(=O)c2sc(N)nc2C)cc(Br)c1OCc1ccc(Cl)cc1Cl. The molecule has 0 bridgehead atoms. The molecule has 2 aromatic carbocycles. The Bertz CT molecular complexity index is 1150. The topological polar surface area (TPSA) is 98.8 Å². The predicted molar refractivity (Wildman–Crippen MR) is 128 cm³/mol. The van der Waals surface area contributed by atoms with Crippen LogP contribution in [0.3, 0.4) is 0 Å². The van der Waals surface area contributed by atoms with Crippen LogP contribution in [0.15, 0.2) is 39.9 Å². The fourth-order valence-electron chi connectivity index (χ4n) is 2.59. The number of benzene rings is 2. The molecule has 0 atom stereocenters. The lowest BCUT2D eigenvalue weighted by molar-refractivity contribution is 0.0958. The molecule has 0 aliphatic rings. The molecule has 1 aromatic heterocycles. The molecule has 0 fully saturated rings. The molecule has 3 aromatic rings. The van der Waals surface area contributed by atoms with E-state index in [2.05, 4.69) is 31.4 Å². The number of amides is 1. The van der Waals surface area contributed by atoms with Crippen LogP contribution in [0.1, 0.15) is 26.5 Å². The number of nitrogens with two attached hydrogens (primary N) is 1. The van der Waals surface area contributed by atoms with Crippen LogP contribution >= 0.6 is 50.5 Å². The second-order valence-electron chi connectivity index (χ2n) is 6.22. The van der Waals surface area contributed by atoms with Crippen molar-refractivity contribution in [1.29, 1.82) is 0 Å². The Morgan fingerprint density at radius 1 is 1.35 bits per heavy atom. The molecule has 1 amide bonds. The minimum Gasteiger partial charge on any atom is -0.493 e. The molecule has 0 spiro atoms. The number of hydrogen-bond donors (Lipinski definition) is 2. The average Bonchev–Trinajstić information content (AvgIpc) is 3.06. The Balaban J connectivity index is 1.71. The first-order valence-electron chi connectivity index (χ1n) is 8.79. The van der Waals surface area contributed by atoms with Gasteiger partial charge in [0.2, 0.25) is 0 Å². The number of nitrogens with zero attached hydrogens (tertiary/aromatic N) is 2. The number of hydrogen-bond acceptors (Lipinski definition) is 7. The third-order valence-electron chi connectivity index (χ3n) is 4.04. The van der Waals surface area contributed by atoms with Crippen molar-refractivity contribution in [3.05, 3.63) is 66.5 Å². The summed E-state index contributed by atoms with van der Waals surface area (Å²) in [5, 5.41) is 5.39. The molecule has 0 aliphatic carbocycles. The number of ether oxygens (including phenoxy) is 2. The average molecular weight is 544 g/mol. The zero-order valence-electron chi connectivity index (χ0n) is 16.4. The maximum absolute atomic E-state index is 12.2. The van der Waals surface area contributed by atoms with Crippen molar-refractivity contribution < 1.29 is 14.3 Å². The molecule has 0 saturated carbocycles. The lowest BCUT2D eigenvalue weighted by Gasteiger charge is -2.14. The van der Waals surface area contributed by atoms with Gasteiger partial charge >= 0.3 is 0 Å². The lowest BCUT2D eigenvalue weighted by atomic mass is 10.2. The lowest BCUT2D eigenvalue weighted by Crippen LogP contribution is -2.17. The summed E-state index contributed by atoms with van der Waals surface area (Å²) in [4.78, 5) is 16.6. The van der Waals surface area contributed by atoms with Gasteiger partial charge in [-0.25, -0.2) is 10.4 Å². The van der Waals surface area contributed by atoms with Crippen LogP contribution in [0.2, 0.25) is 10.0 Å². The smallest absolute Gasteiger partial charge is 0.283 e. The number of hydrazone groups is 1. The fraction of sp³-hybridized carbons (Fsp3) is 0.150. The molecule has 3 N–H and O–H groups in total. The molecule has 11 heteroatoms. The molecule has 0 saturated heterocycles. The van der Waals surface area contributed by atoms with E-state index in [9.17, 15) is 4.79 Å². The van der Waals surface area contributed by atoms with Crippen LogP contribution in [0.25, 0.3) is 0 Å². The van der Waals surface area contributed by atoms with Crippen LogP contribution in [0, 0.1) is 6.92 Å². The standard InChI is InChI=1S/C20H17BrCl2N4O3S/c1-10-18(31-20(24)26-10)19(28)27-25-8-11-5-14(21)17(16(6-11)29-2)30-9-12-3-4-13(22)7-15(12)23/h3-8H,9H2,1-2H3,(H2,24,26)(H,27,28). The van der Waals surface area contributed by atoms with E-state index >= 15 is 0 Å². The van der Waals surface area contributed by atoms with E-state index in [1.807, 2.05) is 0 Å². The van der Waals surface area contributed by atoms with Gasteiger partial charge in [0.05, 0.1) is 23.5 Å². The Labute approximate surface area is 201 Å². The summed E-state index contributed by atoms with van der Waals surface area (Å²) in [5.74, 6) is 0.609. The number of thiazole rings is 1. The number of halogens is 3. The number of aromatic nitrogens is 1. The Morgan fingerprint density at radius 3 is 2.77 bits per heavy atom. The second kappa shape index (κ2) is 10.3. The third kappa shape index (κ3) is 5.88. The van der Waals surface area contributed by atoms with Gasteiger partial charge in [0, 0.05) is 15.6 Å². The zero-order chi connectivity index (χ0) is 22.5. The largest absolute Gasteiger partial charge is 0.493 e. The minimum atomic E-state index is -0.381. The molecule has 31 heavy (non-hydrogen) atoms. The number of methoxy groups -OCH3 is 1. The highest BCUT2D eigenvalue weighted by molar-refractivity contribution is 9.10. The molecule has 1 heterocycles. The summed E-state index contributed by atoms with van der Waals surface area (Å²) in [7, 11) is 1.53. The van der Waals surface area contributed by atoms with Gasteiger partial charge in [-0.15, -0.1) is 0 Å². The summed E-state index contributed by atoms with van der Waals surface area (Å²) >= 11 is 16.7. The number of aryl methyl sites for hydroxylation is 1. The van der Waals surface area contributed by atoms with Crippen molar-refractivity contribution >= 4 is 67.7 Å². The van der Waals surface area contributed by atoms with Crippen molar-refractivity contribution in [2.75, 3.05) is 12.8 Å². The van der Waals surface area contributed by atoms with E-state index < -0.39 is 0 Å². The van der Waals surface area contributed by atoms with Crippen molar-refractivity contribution in [2.45, 2.75) is 13.5 Å².